The van der Waals surface area contributed by atoms with Gasteiger partial charge >= 0.3 is 18.2 Å². The Hall–Kier alpha value is -3.59. The van der Waals surface area contributed by atoms with E-state index >= 15 is 0 Å². The third kappa shape index (κ3) is 6.37. The monoisotopic (exact) mass is 591 g/mol. The first-order valence-corrected chi connectivity index (χ1v) is 15.4. The highest BCUT2D eigenvalue weighted by molar-refractivity contribution is 5.85. The lowest BCUT2D eigenvalue weighted by molar-refractivity contribution is -0.152. The molecule has 0 aromatic heterocycles. The van der Waals surface area contributed by atoms with Crippen molar-refractivity contribution in [3.63, 3.8) is 0 Å². The molecular formula is C34H45N3O6. The number of nitrogens with zero attached hydrogens (tertiary/aromatic N) is 3. The van der Waals surface area contributed by atoms with Crippen molar-refractivity contribution in [2.75, 3.05) is 40.3 Å². The third-order valence-corrected chi connectivity index (χ3v) is 9.32. The number of carbonyl (C=O) groups is 3. The normalized spacial score (nSPS) is 23.5. The lowest BCUT2D eigenvalue weighted by atomic mass is 9.78. The maximum Gasteiger partial charge on any atom is 0.410 e. The minimum Gasteiger partial charge on any atom is -0.479 e. The smallest absolute Gasteiger partial charge is 0.410 e. The second-order valence-corrected chi connectivity index (χ2v) is 13.5. The number of likely N-dealkylation sites (tertiary alicyclic amines) is 1. The van der Waals surface area contributed by atoms with Crippen LogP contribution in [0.15, 0.2) is 48.5 Å². The predicted molar refractivity (Wildman–Crippen MR) is 164 cm³/mol. The summed E-state index contributed by atoms with van der Waals surface area (Å²) in [6.45, 7) is 6.40. The van der Waals surface area contributed by atoms with Crippen molar-refractivity contribution >= 4 is 18.2 Å². The second kappa shape index (κ2) is 12.2. The van der Waals surface area contributed by atoms with Crippen LogP contribution in [0.25, 0.3) is 11.1 Å². The van der Waals surface area contributed by atoms with Crippen molar-refractivity contribution in [1.29, 1.82) is 0 Å². The van der Waals surface area contributed by atoms with Crippen LogP contribution in [-0.4, -0.2) is 95.5 Å². The zero-order valence-corrected chi connectivity index (χ0v) is 26.0. The molecule has 9 nitrogen and oxygen atoms in total. The SMILES string of the molecule is CN(C)C1CC(CN(C(=O)OCC2c3ccccc3-c3ccccc32)C2(C(=O)O)CCCN(C(=O)OC(C)(C)C)CC2)C1. The number of hydrogen-bond donors (Lipinski definition) is 1. The molecular weight excluding hydrogens is 546 g/mol. The van der Waals surface area contributed by atoms with Gasteiger partial charge < -0.3 is 24.4 Å². The molecule has 0 spiro atoms. The fourth-order valence-corrected chi connectivity index (χ4v) is 6.85. The van der Waals surface area contributed by atoms with Gasteiger partial charge in [0.05, 0.1) is 0 Å². The lowest BCUT2D eigenvalue weighted by Gasteiger charge is -2.46. The van der Waals surface area contributed by atoms with Gasteiger partial charge in [-0.3, -0.25) is 4.90 Å². The summed E-state index contributed by atoms with van der Waals surface area (Å²) >= 11 is 0. The molecule has 1 atom stereocenters. The molecule has 0 radical (unpaired) electrons. The van der Waals surface area contributed by atoms with Gasteiger partial charge in [-0.2, -0.15) is 0 Å². The van der Waals surface area contributed by atoms with E-state index in [0.29, 0.717) is 25.6 Å². The molecule has 232 valence electrons. The van der Waals surface area contributed by atoms with E-state index in [-0.39, 0.29) is 37.8 Å². The summed E-state index contributed by atoms with van der Waals surface area (Å²) in [6, 6.07) is 16.7. The Labute approximate surface area is 254 Å². The van der Waals surface area contributed by atoms with Gasteiger partial charge in [0.2, 0.25) is 0 Å². The fraction of sp³-hybridized carbons (Fsp3) is 0.559. The van der Waals surface area contributed by atoms with E-state index in [1.54, 1.807) is 4.90 Å². The molecule has 1 saturated heterocycles. The Morgan fingerprint density at radius 1 is 0.953 bits per heavy atom. The van der Waals surface area contributed by atoms with E-state index in [2.05, 4.69) is 29.2 Å². The van der Waals surface area contributed by atoms with Crippen LogP contribution >= 0.6 is 0 Å². The van der Waals surface area contributed by atoms with E-state index in [1.807, 2.05) is 59.1 Å². The van der Waals surface area contributed by atoms with Crippen molar-refractivity contribution in [3.05, 3.63) is 59.7 Å². The molecule has 43 heavy (non-hydrogen) atoms. The zero-order chi connectivity index (χ0) is 30.9. The van der Waals surface area contributed by atoms with Gasteiger partial charge in [0, 0.05) is 31.6 Å². The summed E-state index contributed by atoms with van der Waals surface area (Å²) in [5, 5.41) is 10.7. The maximum absolute atomic E-state index is 14.1. The number of benzene rings is 2. The van der Waals surface area contributed by atoms with Crippen molar-refractivity contribution in [1.82, 2.24) is 14.7 Å². The Morgan fingerprint density at radius 2 is 1.56 bits per heavy atom. The number of carboxylic acids is 1. The number of fused-ring (bicyclic) bond motifs is 3. The quantitative estimate of drug-likeness (QED) is 0.433. The summed E-state index contributed by atoms with van der Waals surface area (Å²) in [5.41, 5.74) is 2.33. The van der Waals surface area contributed by atoms with Crippen molar-refractivity contribution in [2.45, 2.75) is 76.0 Å². The van der Waals surface area contributed by atoms with Crippen LogP contribution < -0.4 is 0 Å². The molecule has 2 aliphatic carbocycles. The molecule has 1 unspecified atom stereocenters. The van der Waals surface area contributed by atoms with Gasteiger partial charge in [-0.25, -0.2) is 14.4 Å². The highest BCUT2D eigenvalue weighted by atomic mass is 16.6. The van der Waals surface area contributed by atoms with E-state index < -0.39 is 29.3 Å². The Balaban J connectivity index is 1.38. The van der Waals surface area contributed by atoms with Gasteiger partial charge in [0.15, 0.2) is 0 Å². The number of rotatable bonds is 7. The van der Waals surface area contributed by atoms with Gasteiger partial charge in [-0.05, 0) is 95.1 Å². The molecule has 5 rings (SSSR count). The highest BCUT2D eigenvalue weighted by Crippen LogP contribution is 2.45. The average molecular weight is 592 g/mol. The number of amides is 2. The molecule has 1 aliphatic heterocycles. The lowest BCUT2D eigenvalue weighted by Crippen LogP contribution is -2.60. The number of hydrogen-bond acceptors (Lipinski definition) is 6. The van der Waals surface area contributed by atoms with E-state index in [4.69, 9.17) is 9.47 Å². The Morgan fingerprint density at radius 3 is 2.12 bits per heavy atom. The van der Waals surface area contributed by atoms with Crippen LogP contribution in [0.2, 0.25) is 0 Å². The molecule has 2 amide bonds. The Bertz CT molecular complexity index is 1300. The first-order valence-electron chi connectivity index (χ1n) is 15.4. The molecule has 1 heterocycles. The number of carboxylic acid groups (broad SMARTS) is 1. The fourth-order valence-electron chi connectivity index (χ4n) is 6.85. The predicted octanol–water partition coefficient (Wildman–Crippen LogP) is 5.82. The summed E-state index contributed by atoms with van der Waals surface area (Å²) in [7, 11) is 4.08. The van der Waals surface area contributed by atoms with Crippen LogP contribution in [0, 0.1) is 5.92 Å². The summed E-state index contributed by atoms with van der Waals surface area (Å²) in [4.78, 5) is 45.3. The third-order valence-electron chi connectivity index (χ3n) is 9.32. The van der Waals surface area contributed by atoms with Crippen LogP contribution in [0.4, 0.5) is 9.59 Å². The largest absolute Gasteiger partial charge is 0.479 e. The molecule has 2 aromatic carbocycles. The number of aliphatic carboxylic acids is 1. The van der Waals surface area contributed by atoms with Crippen molar-refractivity contribution in [3.8, 4) is 11.1 Å². The standard InChI is InChI=1S/C34H45N3O6/c1-33(2,3)43-31(40)36-17-10-15-34(16-18-36,30(38)39)37(21-23-19-24(20-23)35(4)5)32(41)42-22-29-27-13-8-6-11-25(27)26-12-7-9-14-28(26)29/h6-9,11-14,23-24,29H,10,15-22H2,1-5H3,(H,38,39). The van der Waals surface area contributed by atoms with Crippen LogP contribution in [0.3, 0.4) is 0 Å². The molecule has 9 heteroatoms. The van der Waals surface area contributed by atoms with Gasteiger partial charge in [-0.1, -0.05) is 48.5 Å². The highest BCUT2D eigenvalue weighted by Gasteiger charge is 2.50. The van der Waals surface area contributed by atoms with Crippen LogP contribution in [0.1, 0.15) is 69.9 Å². The summed E-state index contributed by atoms with van der Waals surface area (Å²) in [5.74, 6) is -1.01. The topological polar surface area (TPSA) is 99.6 Å². The van der Waals surface area contributed by atoms with Crippen molar-refractivity contribution in [2.24, 2.45) is 5.92 Å². The molecule has 2 aromatic rings. The van der Waals surface area contributed by atoms with Crippen LogP contribution in [0.5, 0.6) is 0 Å². The molecule has 2 fully saturated rings. The Kier molecular flexibility index (Phi) is 8.75. The summed E-state index contributed by atoms with van der Waals surface area (Å²) in [6.07, 6.45) is 1.48. The maximum atomic E-state index is 14.1. The minimum absolute atomic E-state index is 0.107. The molecule has 1 N–H and O–H groups in total. The van der Waals surface area contributed by atoms with Crippen LogP contribution in [-0.2, 0) is 14.3 Å². The molecule has 1 saturated carbocycles. The van der Waals surface area contributed by atoms with Crippen molar-refractivity contribution < 1.29 is 29.0 Å². The number of ether oxygens (including phenoxy) is 2. The minimum atomic E-state index is -1.48. The summed E-state index contributed by atoms with van der Waals surface area (Å²) < 4.78 is 11.6. The van der Waals surface area contributed by atoms with E-state index in [0.717, 1.165) is 35.1 Å². The number of carbonyl (C=O) groups excluding carboxylic acids is 2. The molecule has 0 bridgehead atoms. The van der Waals surface area contributed by atoms with E-state index in [9.17, 15) is 19.5 Å². The first-order chi connectivity index (χ1) is 20.4. The molecule has 3 aliphatic rings. The van der Waals surface area contributed by atoms with Gasteiger partial charge in [0.1, 0.15) is 17.7 Å². The average Bonchev–Trinajstić information content (AvgIpc) is 3.06. The van der Waals surface area contributed by atoms with E-state index in [1.165, 1.54) is 4.90 Å². The first kappa shape index (κ1) is 30.9. The van der Waals surface area contributed by atoms with Gasteiger partial charge in [0.25, 0.3) is 0 Å². The van der Waals surface area contributed by atoms with Gasteiger partial charge in [-0.15, -0.1) is 0 Å². The zero-order valence-electron chi connectivity index (χ0n) is 26.0. The second-order valence-electron chi connectivity index (χ2n) is 13.5.